The van der Waals surface area contributed by atoms with Gasteiger partial charge < -0.3 is 15.4 Å². The van der Waals surface area contributed by atoms with E-state index >= 15 is 0 Å². The van der Waals surface area contributed by atoms with Crippen molar-refractivity contribution in [1.82, 2.24) is 5.32 Å². The highest BCUT2D eigenvalue weighted by molar-refractivity contribution is 5.92. The highest BCUT2D eigenvalue weighted by Crippen LogP contribution is 2.25. The van der Waals surface area contributed by atoms with Gasteiger partial charge in [0.05, 0.1) is 12.8 Å². The van der Waals surface area contributed by atoms with E-state index in [4.69, 9.17) is 4.74 Å². The molecule has 0 aromatic heterocycles. The number of hydrogen-bond acceptors (Lipinski definition) is 3. The van der Waals surface area contributed by atoms with Gasteiger partial charge in [-0.1, -0.05) is 12.1 Å². The van der Waals surface area contributed by atoms with Crippen LogP contribution in [0, 0.1) is 6.92 Å². The number of carbonyl (C=O) groups is 1. The Morgan fingerprint density at radius 3 is 2.94 bits per heavy atom. The zero-order chi connectivity index (χ0) is 13.4. The van der Waals surface area contributed by atoms with Crippen LogP contribution in [0.15, 0.2) is 30.9 Å². The molecule has 1 rings (SSSR count). The Morgan fingerprint density at radius 2 is 2.28 bits per heavy atom. The van der Waals surface area contributed by atoms with Crippen LogP contribution in [0.5, 0.6) is 5.75 Å². The predicted octanol–water partition coefficient (Wildman–Crippen LogP) is 2.11. The van der Waals surface area contributed by atoms with Gasteiger partial charge in [0.15, 0.2) is 0 Å². The lowest BCUT2D eigenvalue weighted by molar-refractivity contribution is -0.116. The van der Waals surface area contributed by atoms with Crippen LogP contribution in [0.4, 0.5) is 5.69 Å². The SMILES string of the molecule is C=CCNCCC(=O)Nc1cc(C)ccc1OC. The number of anilines is 1. The number of methoxy groups -OCH3 is 1. The van der Waals surface area contributed by atoms with Crippen LogP contribution in [0.2, 0.25) is 0 Å². The zero-order valence-electron chi connectivity index (χ0n) is 11.0. The van der Waals surface area contributed by atoms with Crippen LogP contribution >= 0.6 is 0 Å². The highest BCUT2D eigenvalue weighted by atomic mass is 16.5. The lowest BCUT2D eigenvalue weighted by Crippen LogP contribution is -2.21. The number of amides is 1. The van der Waals surface area contributed by atoms with E-state index in [2.05, 4.69) is 17.2 Å². The van der Waals surface area contributed by atoms with Crippen molar-refractivity contribution in [2.24, 2.45) is 0 Å². The maximum atomic E-state index is 11.7. The quantitative estimate of drug-likeness (QED) is 0.574. The average molecular weight is 248 g/mol. The fraction of sp³-hybridized carbons (Fsp3) is 0.357. The minimum absolute atomic E-state index is 0.0320. The van der Waals surface area contributed by atoms with Gasteiger partial charge >= 0.3 is 0 Å². The number of hydrogen-bond donors (Lipinski definition) is 2. The van der Waals surface area contributed by atoms with Gasteiger partial charge in [0.2, 0.25) is 5.91 Å². The smallest absolute Gasteiger partial charge is 0.225 e. The van der Waals surface area contributed by atoms with Crippen LogP contribution < -0.4 is 15.4 Å². The molecule has 0 radical (unpaired) electrons. The van der Waals surface area contributed by atoms with Gasteiger partial charge in [-0.15, -0.1) is 6.58 Å². The Balaban J connectivity index is 2.52. The first-order chi connectivity index (χ1) is 8.67. The summed E-state index contributed by atoms with van der Waals surface area (Å²) in [7, 11) is 1.59. The molecule has 4 nitrogen and oxygen atoms in total. The third-order valence-corrected chi connectivity index (χ3v) is 2.45. The standard InChI is InChI=1S/C14H20N2O2/c1-4-8-15-9-7-14(17)16-12-10-11(2)5-6-13(12)18-3/h4-6,10,15H,1,7-9H2,2-3H3,(H,16,17). The van der Waals surface area contributed by atoms with E-state index in [0.717, 1.165) is 5.56 Å². The molecule has 1 aromatic rings. The lowest BCUT2D eigenvalue weighted by Gasteiger charge is -2.11. The molecule has 0 bridgehead atoms. The molecule has 1 amide bonds. The van der Waals surface area contributed by atoms with E-state index in [9.17, 15) is 4.79 Å². The minimum atomic E-state index is -0.0320. The van der Waals surface area contributed by atoms with E-state index in [1.807, 2.05) is 25.1 Å². The molecular formula is C14H20N2O2. The summed E-state index contributed by atoms with van der Waals surface area (Å²) >= 11 is 0. The van der Waals surface area contributed by atoms with Gasteiger partial charge in [-0.3, -0.25) is 4.79 Å². The summed E-state index contributed by atoms with van der Waals surface area (Å²) in [5.74, 6) is 0.642. The molecular weight excluding hydrogens is 228 g/mol. The van der Waals surface area contributed by atoms with Gasteiger partial charge in [-0.2, -0.15) is 0 Å². The molecule has 0 fully saturated rings. The highest BCUT2D eigenvalue weighted by Gasteiger charge is 2.07. The number of carbonyl (C=O) groups excluding carboxylic acids is 1. The van der Waals surface area contributed by atoms with Crippen molar-refractivity contribution in [3.63, 3.8) is 0 Å². The minimum Gasteiger partial charge on any atom is -0.495 e. The van der Waals surface area contributed by atoms with E-state index in [1.54, 1.807) is 13.2 Å². The molecule has 4 heteroatoms. The molecule has 0 spiro atoms. The van der Waals surface area contributed by atoms with Crippen LogP contribution in [-0.4, -0.2) is 26.1 Å². The molecule has 0 aliphatic heterocycles. The summed E-state index contributed by atoms with van der Waals surface area (Å²) in [6, 6.07) is 5.69. The summed E-state index contributed by atoms with van der Waals surface area (Å²) in [4.78, 5) is 11.7. The Bertz CT molecular complexity index is 416. The summed E-state index contributed by atoms with van der Waals surface area (Å²) in [6.45, 7) is 6.91. The van der Waals surface area contributed by atoms with Crippen LogP contribution in [-0.2, 0) is 4.79 Å². The van der Waals surface area contributed by atoms with Gasteiger partial charge in [0, 0.05) is 19.5 Å². The lowest BCUT2D eigenvalue weighted by atomic mass is 10.2. The van der Waals surface area contributed by atoms with E-state index in [-0.39, 0.29) is 5.91 Å². The third kappa shape index (κ3) is 4.59. The Kier molecular flexibility index (Phi) is 5.94. The first kappa shape index (κ1) is 14.3. The third-order valence-electron chi connectivity index (χ3n) is 2.45. The molecule has 2 N–H and O–H groups in total. The predicted molar refractivity (Wildman–Crippen MR) is 74.0 cm³/mol. The van der Waals surface area contributed by atoms with Crippen LogP contribution in [0.25, 0.3) is 0 Å². The van der Waals surface area contributed by atoms with Crippen molar-refractivity contribution in [2.45, 2.75) is 13.3 Å². The van der Waals surface area contributed by atoms with Gasteiger partial charge in [-0.05, 0) is 24.6 Å². The number of ether oxygens (including phenoxy) is 1. The molecule has 0 saturated carbocycles. The second-order valence-electron chi connectivity index (χ2n) is 3.99. The van der Waals surface area contributed by atoms with Crippen molar-refractivity contribution >= 4 is 11.6 Å². The van der Waals surface area contributed by atoms with Gasteiger partial charge in [0.1, 0.15) is 5.75 Å². The van der Waals surface area contributed by atoms with Gasteiger partial charge in [-0.25, -0.2) is 0 Å². The second kappa shape index (κ2) is 7.50. The Hall–Kier alpha value is -1.81. The Labute approximate surface area is 108 Å². The molecule has 0 aliphatic carbocycles. The second-order valence-corrected chi connectivity index (χ2v) is 3.99. The van der Waals surface area contributed by atoms with Crippen molar-refractivity contribution in [3.8, 4) is 5.75 Å². The normalized spacial score (nSPS) is 9.89. The van der Waals surface area contributed by atoms with Crippen LogP contribution in [0.3, 0.4) is 0 Å². The zero-order valence-corrected chi connectivity index (χ0v) is 11.0. The molecule has 0 unspecified atom stereocenters. The molecule has 0 saturated heterocycles. The largest absolute Gasteiger partial charge is 0.495 e. The van der Waals surface area contributed by atoms with Crippen molar-refractivity contribution in [3.05, 3.63) is 36.4 Å². The Morgan fingerprint density at radius 1 is 1.50 bits per heavy atom. The first-order valence-electron chi connectivity index (χ1n) is 5.93. The summed E-state index contributed by atoms with van der Waals surface area (Å²) in [5.41, 5.74) is 1.79. The van der Waals surface area contributed by atoms with Crippen molar-refractivity contribution in [2.75, 3.05) is 25.5 Å². The van der Waals surface area contributed by atoms with Crippen LogP contribution in [0.1, 0.15) is 12.0 Å². The molecule has 98 valence electrons. The number of rotatable bonds is 7. The maximum Gasteiger partial charge on any atom is 0.225 e. The molecule has 18 heavy (non-hydrogen) atoms. The maximum absolute atomic E-state index is 11.7. The number of benzene rings is 1. The molecule has 0 atom stereocenters. The van der Waals surface area contributed by atoms with E-state index in [1.165, 1.54) is 0 Å². The summed E-state index contributed by atoms with van der Waals surface area (Å²) < 4.78 is 5.20. The van der Waals surface area contributed by atoms with E-state index in [0.29, 0.717) is 30.9 Å². The van der Waals surface area contributed by atoms with Crippen molar-refractivity contribution < 1.29 is 9.53 Å². The monoisotopic (exact) mass is 248 g/mol. The molecule has 0 heterocycles. The molecule has 1 aromatic carbocycles. The van der Waals surface area contributed by atoms with Crippen molar-refractivity contribution in [1.29, 1.82) is 0 Å². The van der Waals surface area contributed by atoms with E-state index < -0.39 is 0 Å². The number of aryl methyl sites for hydroxylation is 1. The fourth-order valence-corrected chi connectivity index (χ4v) is 1.54. The summed E-state index contributed by atoms with van der Waals surface area (Å²) in [5, 5.41) is 5.93. The number of nitrogens with one attached hydrogen (secondary N) is 2. The topological polar surface area (TPSA) is 50.4 Å². The molecule has 0 aliphatic rings. The fourth-order valence-electron chi connectivity index (χ4n) is 1.54. The van der Waals surface area contributed by atoms with Gasteiger partial charge in [0.25, 0.3) is 0 Å². The first-order valence-corrected chi connectivity index (χ1v) is 5.93. The summed E-state index contributed by atoms with van der Waals surface area (Å²) in [6.07, 6.45) is 2.19. The average Bonchev–Trinajstić information content (AvgIpc) is 2.35.